The van der Waals surface area contributed by atoms with Crippen LogP contribution in [0.15, 0.2) is 33.1 Å². The summed E-state index contributed by atoms with van der Waals surface area (Å²) < 4.78 is 2.21. The number of aryl methyl sites for hydroxylation is 1. The van der Waals surface area contributed by atoms with Crippen LogP contribution in [0.25, 0.3) is 11.0 Å². The van der Waals surface area contributed by atoms with Gasteiger partial charge in [-0.2, -0.15) is 14.6 Å². The van der Waals surface area contributed by atoms with Crippen LogP contribution in [0.3, 0.4) is 0 Å². The molecule has 0 bridgehead atoms. The highest BCUT2D eigenvalue weighted by atomic mass is 79.9. The summed E-state index contributed by atoms with van der Waals surface area (Å²) in [5.74, 6) is 0.0000235. The molecule has 1 aliphatic rings. The van der Waals surface area contributed by atoms with Gasteiger partial charge in [0.1, 0.15) is 10.8 Å². The molecular formula is C15H13BrN4O2S. The van der Waals surface area contributed by atoms with Gasteiger partial charge in [-0.05, 0) is 30.7 Å². The second kappa shape index (κ2) is 6.21. The first-order valence-corrected chi connectivity index (χ1v) is 8.60. The molecule has 0 unspecified atom stereocenters. The fourth-order valence-electron chi connectivity index (χ4n) is 2.16. The second-order valence-corrected chi connectivity index (χ2v) is 6.94. The third-order valence-electron chi connectivity index (χ3n) is 3.27. The molecule has 2 aromatic rings. The van der Waals surface area contributed by atoms with Crippen molar-refractivity contribution in [2.75, 3.05) is 5.73 Å². The molecule has 0 aromatic carbocycles. The van der Waals surface area contributed by atoms with E-state index in [4.69, 9.17) is 5.73 Å². The highest BCUT2D eigenvalue weighted by molar-refractivity contribution is 9.11. The van der Waals surface area contributed by atoms with E-state index in [0.717, 1.165) is 22.3 Å². The third kappa shape index (κ3) is 3.04. The van der Waals surface area contributed by atoms with Crippen molar-refractivity contribution < 1.29 is 4.79 Å². The van der Waals surface area contributed by atoms with Crippen molar-refractivity contribution in [2.24, 2.45) is 0 Å². The monoisotopic (exact) mass is 392 g/mol. The van der Waals surface area contributed by atoms with E-state index < -0.39 is 5.56 Å². The Balaban J connectivity index is 2.16. The van der Waals surface area contributed by atoms with E-state index in [1.807, 2.05) is 0 Å². The van der Waals surface area contributed by atoms with Crippen molar-refractivity contribution in [2.45, 2.75) is 19.8 Å². The minimum Gasteiger partial charge on any atom is -0.383 e. The molecule has 0 saturated carbocycles. The number of carbonyl (C=O) groups excluding carboxylic acids is 1. The summed E-state index contributed by atoms with van der Waals surface area (Å²) in [6.45, 7) is 2.05. The molecule has 0 spiro atoms. The van der Waals surface area contributed by atoms with Gasteiger partial charge in [0.25, 0.3) is 5.56 Å². The fourth-order valence-corrected chi connectivity index (χ4v) is 3.53. The molecule has 118 valence electrons. The molecule has 23 heavy (non-hydrogen) atoms. The Kier molecular flexibility index (Phi) is 4.27. The number of nitrogen functional groups attached to an aromatic ring is 1. The van der Waals surface area contributed by atoms with E-state index in [1.165, 1.54) is 28.0 Å². The largest absolute Gasteiger partial charge is 0.383 e. The van der Waals surface area contributed by atoms with Crippen molar-refractivity contribution >= 4 is 49.9 Å². The van der Waals surface area contributed by atoms with E-state index >= 15 is 0 Å². The first-order chi connectivity index (χ1) is 11.0. The number of halogens is 1. The Bertz CT molecular complexity index is 952. The summed E-state index contributed by atoms with van der Waals surface area (Å²) in [5, 5.41) is 5.26. The zero-order chi connectivity index (χ0) is 16.6. The maximum Gasteiger partial charge on any atom is 0.283 e. The molecule has 0 amide bonds. The van der Waals surface area contributed by atoms with Gasteiger partial charge in [0.15, 0.2) is 5.78 Å². The first-order valence-electron chi connectivity index (χ1n) is 6.99. The van der Waals surface area contributed by atoms with Gasteiger partial charge in [0.05, 0.1) is 5.56 Å². The number of hydrogen-bond donors (Lipinski definition) is 1. The zero-order valence-corrected chi connectivity index (χ0v) is 14.6. The van der Waals surface area contributed by atoms with Gasteiger partial charge >= 0.3 is 0 Å². The molecule has 1 aliphatic carbocycles. The third-order valence-corrected chi connectivity index (χ3v) is 4.73. The van der Waals surface area contributed by atoms with E-state index in [0.29, 0.717) is 10.5 Å². The highest BCUT2D eigenvalue weighted by Crippen LogP contribution is 2.22. The molecular weight excluding hydrogens is 380 g/mol. The van der Waals surface area contributed by atoms with Gasteiger partial charge in [0.2, 0.25) is 4.96 Å². The molecule has 0 saturated heterocycles. The standard InChI is InChI=1S/C15H13BrN4O2S/c1-2-3-12-19-20-13(17)10(14(22)18-15(20)23-12)7-8-6-9(16)4-5-11(8)21/h4-7H,2-3,17H2,1H3. The molecule has 0 atom stereocenters. The van der Waals surface area contributed by atoms with Crippen molar-refractivity contribution in [3.8, 4) is 0 Å². The number of nitrogens with zero attached hydrogens (tertiary/aromatic N) is 3. The van der Waals surface area contributed by atoms with Gasteiger partial charge in [-0.25, -0.2) is 0 Å². The summed E-state index contributed by atoms with van der Waals surface area (Å²) in [6, 6.07) is 0. The average Bonchev–Trinajstić information content (AvgIpc) is 2.90. The van der Waals surface area contributed by atoms with Crippen LogP contribution in [-0.2, 0) is 11.2 Å². The van der Waals surface area contributed by atoms with E-state index in [-0.39, 0.29) is 17.2 Å². The normalized spacial score (nSPS) is 16.3. The van der Waals surface area contributed by atoms with Crippen molar-refractivity contribution in [3.63, 3.8) is 0 Å². The lowest BCUT2D eigenvalue weighted by Crippen LogP contribution is -2.17. The summed E-state index contributed by atoms with van der Waals surface area (Å²) in [5.41, 5.74) is 6.16. The van der Waals surface area contributed by atoms with Crippen molar-refractivity contribution in [1.29, 1.82) is 0 Å². The number of rotatable bonds is 3. The molecule has 8 heteroatoms. The van der Waals surface area contributed by atoms with Crippen molar-refractivity contribution in [3.05, 3.63) is 49.2 Å². The average molecular weight is 393 g/mol. The minimum atomic E-state index is -0.464. The highest BCUT2D eigenvalue weighted by Gasteiger charge is 2.16. The molecule has 0 aliphatic heterocycles. The molecule has 3 rings (SSSR count). The predicted molar refractivity (Wildman–Crippen MR) is 94.7 cm³/mol. The van der Waals surface area contributed by atoms with Crippen LogP contribution < -0.4 is 11.3 Å². The molecule has 0 fully saturated rings. The Morgan fingerprint density at radius 3 is 2.91 bits per heavy atom. The number of nitrogens with two attached hydrogens (primary N) is 1. The quantitative estimate of drug-likeness (QED) is 0.810. The van der Waals surface area contributed by atoms with Crippen LogP contribution in [0, 0.1) is 0 Å². The zero-order valence-electron chi connectivity index (χ0n) is 12.2. The minimum absolute atomic E-state index is 0.172. The molecule has 6 nitrogen and oxygen atoms in total. The lowest BCUT2D eigenvalue weighted by molar-refractivity contribution is -0.111. The Hall–Kier alpha value is -2.06. The number of carbonyl (C=O) groups is 1. The van der Waals surface area contributed by atoms with Gasteiger partial charge in [-0.3, -0.25) is 9.59 Å². The van der Waals surface area contributed by atoms with Gasteiger partial charge in [0, 0.05) is 16.5 Å². The number of hydrogen-bond acceptors (Lipinski definition) is 6. The maximum atomic E-state index is 12.3. The molecule has 2 aromatic heterocycles. The van der Waals surface area contributed by atoms with Gasteiger partial charge in [-0.15, -0.1) is 0 Å². The second-order valence-electron chi connectivity index (χ2n) is 4.98. The lowest BCUT2D eigenvalue weighted by atomic mass is 10.0. The van der Waals surface area contributed by atoms with Crippen molar-refractivity contribution in [1.82, 2.24) is 14.6 Å². The number of anilines is 1. The van der Waals surface area contributed by atoms with E-state index in [2.05, 4.69) is 32.9 Å². The Labute approximate surface area is 144 Å². The topological polar surface area (TPSA) is 90.4 Å². The Morgan fingerprint density at radius 2 is 2.17 bits per heavy atom. The summed E-state index contributed by atoms with van der Waals surface area (Å²) in [6.07, 6.45) is 7.92. The number of ketones is 1. The van der Waals surface area contributed by atoms with Crippen LogP contribution in [0.1, 0.15) is 23.9 Å². The van der Waals surface area contributed by atoms with E-state index in [9.17, 15) is 9.59 Å². The number of fused-ring (bicyclic) bond motifs is 1. The fraction of sp³-hybridized carbons (Fsp3) is 0.200. The molecule has 0 radical (unpaired) electrons. The summed E-state index contributed by atoms with van der Waals surface area (Å²) in [7, 11) is 0. The summed E-state index contributed by atoms with van der Waals surface area (Å²) >= 11 is 4.66. The van der Waals surface area contributed by atoms with Crippen LogP contribution in [0.4, 0.5) is 5.82 Å². The van der Waals surface area contributed by atoms with Gasteiger partial charge in [-0.1, -0.05) is 34.2 Å². The molecule has 2 heterocycles. The first kappa shape index (κ1) is 15.8. The smallest absolute Gasteiger partial charge is 0.283 e. The lowest BCUT2D eigenvalue weighted by Gasteiger charge is -2.05. The summed E-state index contributed by atoms with van der Waals surface area (Å²) in [4.78, 5) is 28.7. The number of allylic oxidation sites excluding steroid dienone is 5. The van der Waals surface area contributed by atoms with Crippen LogP contribution in [0.2, 0.25) is 0 Å². The van der Waals surface area contributed by atoms with Gasteiger partial charge < -0.3 is 5.73 Å². The molecule has 2 N–H and O–H groups in total. The SMILES string of the molecule is CCCc1nn2c(N)c(C=C3C=C(Br)C=CC3=O)c(=O)nc2s1. The van der Waals surface area contributed by atoms with Crippen LogP contribution in [-0.4, -0.2) is 20.4 Å². The van der Waals surface area contributed by atoms with Crippen LogP contribution >= 0.6 is 27.3 Å². The van der Waals surface area contributed by atoms with E-state index in [1.54, 1.807) is 12.2 Å². The number of aromatic nitrogens is 3. The maximum absolute atomic E-state index is 12.3. The van der Waals surface area contributed by atoms with Crippen LogP contribution in [0.5, 0.6) is 0 Å². The predicted octanol–water partition coefficient (Wildman–Crippen LogP) is 2.49. The Morgan fingerprint density at radius 1 is 1.39 bits per heavy atom.